The number of ether oxygens (including phenoxy) is 1. The fraction of sp³-hybridized carbons (Fsp3) is 0.714. The summed E-state index contributed by atoms with van der Waals surface area (Å²) in [6.07, 6.45) is 13.8. The molecule has 0 unspecified atom stereocenters. The molecule has 0 spiro atoms. The Labute approximate surface area is 137 Å². The van der Waals surface area contributed by atoms with E-state index in [0.29, 0.717) is 0 Å². The average Bonchev–Trinajstić information content (AvgIpc) is 2.58. The Hall–Kier alpha value is -0.980. The molecular formula is C21H34O. The Morgan fingerprint density at radius 2 is 1.59 bits per heavy atom. The van der Waals surface area contributed by atoms with E-state index in [2.05, 4.69) is 38.1 Å². The van der Waals surface area contributed by atoms with Crippen LogP contribution in [-0.4, -0.2) is 6.61 Å². The molecule has 22 heavy (non-hydrogen) atoms. The van der Waals surface area contributed by atoms with Crippen LogP contribution in [0, 0.1) is 5.92 Å². The predicted octanol–water partition coefficient (Wildman–Crippen LogP) is 6.72. The van der Waals surface area contributed by atoms with E-state index in [9.17, 15) is 0 Å². The minimum absolute atomic E-state index is 0.784. The van der Waals surface area contributed by atoms with Crippen molar-refractivity contribution in [2.24, 2.45) is 5.92 Å². The first-order valence-electron chi connectivity index (χ1n) is 9.56. The summed E-state index contributed by atoms with van der Waals surface area (Å²) in [5, 5.41) is 0. The highest BCUT2D eigenvalue weighted by atomic mass is 16.5. The third kappa shape index (κ3) is 5.66. The molecule has 0 N–H and O–H groups in total. The summed E-state index contributed by atoms with van der Waals surface area (Å²) < 4.78 is 5.68. The predicted molar refractivity (Wildman–Crippen MR) is 95.7 cm³/mol. The van der Waals surface area contributed by atoms with Crippen LogP contribution in [0.3, 0.4) is 0 Å². The second-order valence-electron chi connectivity index (χ2n) is 6.98. The monoisotopic (exact) mass is 302 g/mol. The zero-order valence-corrected chi connectivity index (χ0v) is 14.7. The quantitative estimate of drug-likeness (QED) is 0.460. The van der Waals surface area contributed by atoms with Gasteiger partial charge in [0.15, 0.2) is 0 Å². The topological polar surface area (TPSA) is 9.23 Å². The number of hydrogen-bond donors (Lipinski definition) is 0. The smallest absolute Gasteiger partial charge is 0.119 e. The van der Waals surface area contributed by atoms with Crippen molar-refractivity contribution in [2.75, 3.05) is 6.61 Å². The van der Waals surface area contributed by atoms with Gasteiger partial charge < -0.3 is 4.74 Å². The van der Waals surface area contributed by atoms with Crippen molar-refractivity contribution < 1.29 is 4.74 Å². The zero-order chi connectivity index (χ0) is 15.6. The summed E-state index contributed by atoms with van der Waals surface area (Å²) in [7, 11) is 0. The van der Waals surface area contributed by atoms with Crippen LogP contribution in [0.2, 0.25) is 0 Å². The van der Waals surface area contributed by atoms with Crippen LogP contribution < -0.4 is 4.74 Å². The average molecular weight is 303 g/mol. The number of rotatable bonds is 9. The summed E-state index contributed by atoms with van der Waals surface area (Å²) in [6, 6.07) is 8.89. The second kappa shape index (κ2) is 9.92. The van der Waals surface area contributed by atoms with Crippen molar-refractivity contribution >= 4 is 0 Å². The van der Waals surface area contributed by atoms with Crippen molar-refractivity contribution in [2.45, 2.75) is 84.0 Å². The van der Waals surface area contributed by atoms with Gasteiger partial charge in [0.2, 0.25) is 0 Å². The highest BCUT2D eigenvalue weighted by molar-refractivity contribution is 5.29. The molecule has 0 bridgehead atoms. The van der Waals surface area contributed by atoms with Crippen molar-refractivity contribution in [1.82, 2.24) is 0 Å². The molecule has 0 atom stereocenters. The minimum Gasteiger partial charge on any atom is -0.494 e. The standard InChI is InChI=1S/C21H34O/c1-3-5-6-7-8-18-9-11-19(12-10-18)20-13-15-21(16-14-20)22-17-4-2/h13-16,18-19H,3-12,17H2,1-2H3. The van der Waals surface area contributed by atoms with Crippen molar-refractivity contribution in [3.63, 3.8) is 0 Å². The van der Waals surface area contributed by atoms with Crippen molar-refractivity contribution in [1.29, 1.82) is 0 Å². The Kier molecular flexibility index (Phi) is 7.83. The summed E-state index contributed by atoms with van der Waals surface area (Å²) in [6.45, 7) is 5.27. The lowest BCUT2D eigenvalue weighted by molar-refractivity contribution is 0.301. The Bertz CT molecular complexity index is 387. The van der Waals surface area contributed by atoms with E-state index in [1.807, 2.05) is 0 Å². The largest absolute Gasteiger partial charge is 0.494 e. The van der Waals surface area contributed by atoms with Crippen LogP contribution in [0.4, 0.5) is 0 Å². The molecule has 1 nitrogen and oxygen atoms in total. The van der Waals surface area contributed by atoms with E-state index in [0.717, 1.165) is 30.6 Å². The minimum atomic E-state index is 0.784. The fourth-order valence-electron chi connectivity index (χ4n) is 3.70. The van der Waals surface area contributed by atoms with Gasteiger partial charge >= 0.3 is 0 Å². The Morgan fingerprint density at radius 3 is 2.23 bits per heavy atom. The Balaban J connectivity index is 1.72. The number of benzene rings is 1. The van der Waals surface area contributed by atoms with E-state index in [-0.39, 0.29) is 0 Å². The molecule has 124 valence electrons. The van der Waals surface area contributed by atoms with Gasteiger partial charge in [0.05, 0.1) is 6.61 Å². The first-order valence-corrected chi connectivity index (χ1v) is 9.56. The van der Waals surface area contributed by atoms with E-state index in [4.69, 9.17) is 4.74 Å². The molecule has 1 saturated carbocycles. The van der Waals surface area contributed by atoms with Crippen LogP contribution in [0.15, 0.2) is 24.3 Å². The molecule has 1 heteroatoms. The maximum atomic E-state index is 5.68. The van der Waals surface area contributed by atoms with Gasteiger partial charge in [0.25, 0.3) is 0 Å². The van der Waals surface area contributed by atoms with E-state index >= 15 is 0 Å². The third-order valence-corrected chi connectivity index (χ3v) is 5.14. The van der Waals surface area contributed by atoms with Gasteiger partial charge in [0, 0.05) is 0 Å². The second-order valence-corrected chi connectivity index (χ2v) is 6.98. The SMILES string of the molecule is CCCCCCC1CCC(c2ccc(OCCC)cc2)CC1. The van der Waals surface area contributed by atoms with Gasteiger partial charge in [-0.25, -0.2) is 0 Å². The lowest BCUT2D eigenvalue weighted by Gasteiger charge is -2.29. The maximum absolute atomic E-state index is 5.68. The molecular weight excluding hydrogens is 268 g/mol. The van der Waals surface area contributed by atoms with Crippen molar-refractivity contribution in [3.05, 3.63) is 29.8 Å². The molecule has 1 aromatic rings. The molecule has 1 aliphatic carbocycles. The molecule has 1 aromatic carbocycles. The molecule has 1 aliphatic rings. The lowest BCUT2D eigenvalue weighted by atomic mass is 9.77. The molecule has 2 rings (SSSR count). The van der Waals surface area contributed by atoms with Gasteiger partial charge in [0.1, 0.15) is 5.75 Å². The Morgan fingerprint density at radius 1 is 0.864 bits per heavy atom. The van der Waals surface area contributed by atoms with E-state index < -0.39 is 0 Å². The molecule has 0 saturated heterocycles. The molecule has 0 aliphatic heterocycles. The van der Waals surface area contributed by atoms with Crippen molar-refractivity contribution in [3.8, 4) is 5.75 Å². The van der Waals surface area contributed by atoms with Crippen LogP contribution in [0.5, 0.6) is 5.75 Å². The normalized spacial score (nSPS) is 21.7. The summed E-state index contributed by atoms with van der Waals surface area (Å²) in [5.74, 6) is 2.81. The van der Waals surface area contributed by atoms with E-state index in [1.54, 1.807) is 0 Å². The fourth-order valence-corrected chi connectivity index (χ4v) is 3.70. The summed E-state index contributed by atoms with van der Waals surface area (Å²) in [4.78, 5) is 0. The maximum Gasteiger partial charge on any atom is 0.119 e. The van der Waals surface area contributed by atoms with Crippen LogP contribution >= 0.6 is 0 Å². The molecule has 0 amide bonds. The van der Waals surface area contributed by atoms with Crippen LogP contribution in [-0.2, 0) is 0 Å². The van der Waals surface area contributed by atoms with Gasteiger partial charge in [-0.05, 0) is 61.6 Å². The molecule has 0 heterocycles. The van der Waals surface area contributed by atoms with Gasteiger partial charge in [-0.15, -0.1) is 0 Å². The molecule has 0 radical (unpaired) electrons. The first-order chi connectivity index (χ1) is 10.8. The van der Waals surface area contributed by atoms with Crippen LogP contribution in [0.25, 0.3) is 0 Å². The van der Waals surface area contributed by atoms with E-state index in [1.165, 1.54) is 63.4 Å². The highest BCUT2D eigenvalue weighted by Crippen LogP contribution is 2.38. The van der Waals surface area contributed by atoms with Crippen LogP contribution in [0.1, 0.15) is 89.5 Å². The van der Waals surface area contributed by atoms with Gasteiger partial charge in [-0.1, -0.05) is 58.1 Å². The summed E-state index contributed by atoms with van der Waals surface area (Å²) >= 11 is 0. The first kappa shape index (κ1) is 17.4. The third-order valence-electron chi connectivity index (χ3n) is 5.14. The highest BCUT2D eigenvalue weighted by Gasteiger charge is 2.21. The number of unbranched alkanes of at least 4 members (excludes halogenated alkanes) is 3. The number of hydrogen-bond acceptors (Lipinski definition) is 1. The zero-order valence-electron chi connectivity index (χ0n) is 14.7. The molecule has 1 fully saturated rings. The van der Waals surface area contributed by atoms with Gasteiger partial charge in [-0.3, -0.25) is 0 Å². The van der Waals surface area contributed by atoms with Gasteiger partial charge in [-0.2, -0.15) is 0 Å². The molecule has 0 aromatic heterocycles. The lowest BCUT2D eigenvalue weighted by Crippen LogP contribution is -2.13. The summed E-state index contributed by atoms with van der Waals surface area (Å²) in [5.41, 5.74) is 1.52.